The molecule has 0 radical (unpaired) electrons. The fraction of sp³-hybridized carbons (Fsp3) is 0.700. The molecule has 0 unspecified atom stereocenters. The summed E-state index contributed by atoms with van der Waals surface area (Å²) in [6.45, 7) is 11.0. The molecule has 0 saturated carbocycles. The summed E-state index contributed by atoms with van der Waals surface area (Å²) in [7, 11) is 0. The average Bonchev–Trinajstić information content (AvgIpc) is 2.97. The third-order valence-corrected chi connectivity index (χ3v) is 5.69. The molecule has 0 amide bonds. The first-order chi connectivity index (χ1) is 12.2. The maximum atomic E-state index is 6.50. The Kier molecular flexibility index (Phi) is 8.34. The molecule has 0 aromatic heterocycles. The van der Waals surface area contributed by atoms with Gasteiger partial charge in [-0.15, -0.1) is 12.4 Å². The van der Waals surface area contributed by atoms with Crippen molar-refractivity contribution in [3.8, 4) is 11.5 Å². The zero-order valence-electron chi connectivity index (χ0n) is 16.0. The molecule has 1 N–H and O–H groups in total. The maximum Gasteiger partial charge on any atom is 0.179 e. The number of halogens is 2. The first-order valence-corrected chi connectivity index (χ1v) is 10.0. The number of ether oxygens (including phenoxy) is 2. The Morgan fingerprint density at radius 3 is 2.62 bits per heavy atom. The number of nitrogens with one attached hydrogen (secondary N) is 1. The van der Waals surface area contributed by atoms with E-state index in [0.717, 1.165) is 31.8 Å². The van der Waals surface area contributed by atoms with E-state index in [-0.39, 0.29) is 12.4 Å². The van der Waals surface area contributed by atoms with Crippen LogP contribution in [0.15, 0.2) is 12.1 Å². The second-order valence-corrected chi connectivity index (χ2v) is 7.80. The summed E-state index contributed by atoms with van der Waals surface area (Å²) in [5.41, 5.74) is 1.74. The molecule has 2 fully saturated rings. The SMILES string of the molecule is CCCOc1c(Cl)cc(CN2CCC3(CCNCC3)C2)cc1OCC.Cl. The molecule has 1 aromatic rings. The molecule has 1 aromatic carbocycles. The summed E-state index contributed by atoms with van der Waals surface area (Å²) in [6.07, 6.45) is 4.88. The van der Waals surface area contributed by atoms with Crippen molar-refractivity contribution >= 4 is 24.0 Å². The number of rotatable bonds is 7. The lowest BCUT2D eigenvalue weighted by atomic mass is 9.78. The van der Waals surface area contributed by atoms with Crippen LogP contribution in [0, 0.1) is 5.41 Å². The van der Waals surface area contributed by atoms with Gasteiger partial charge in [0.2, 0.25) is 0 Å². The van der Waals surface area contributed by atoms with Crippen molar-refractivity contribution < 1.29 is 9.47 Å². The molecule has 0 bridgehead atoms. The molecule has 26 heavy (non-hydrogen) atoms. The van der Waals surface area contributed by atoms with Gasteiger partial charge in [-0.2, -0.15) is 0 Å². The van der Waals surface area contributed by atoms with Crippen molar-refractivity contribution in [3.63, 3.8) is 0 Å². The van der Waals surface area contributed by atoms with E-state index in [0.29, 0.717) is 29.4 Å². The van der Waals surface area contributed by atoms with Gasteiger partial charge in [-0.1, -0.05) is 18.5 Å². The van der Waals surface area contributed by atoms with Gasteiger partial charge in [-0.05, 0) is 75.4 Å². The van der Waals surface area contributed by atoms with E-state index < -0.39 is 0 Å². The minimum atomic E-state index is 0. The summed E-state index contributed by atoms with van der Waals surface area (Å²) < 4.78 is 11.6. The third kappa shape index (κ3) is 5.19. The van der Waals surface area contributed by atoms with Crippen LogP contribution in [0.5, 0.6) is 11.5 Å². The van der Waals surface area contributed by atoms with Gasteiger partial charge < -0.3 is 14.8 Å². The predicted molar refractivity (Wildman–Crippen MR) is 110 cm³/mol. The number of piperidine rings is 1. The Balaban J connectivity index is 0.00000243. The zero-order chi connectivity index (χ0) is 17.7. The van der Waals surface area contributed by atoms with Gasteiger partial charge in [0.15, 0.2) is 11.5 Å². The largest absolute Gasteiger partial charge is 0.490 e. The summed E-state index contributed by atoms with van der Waals surface area (Å²) >= 11 is 6.50. The normalized spacial score (nSPS) is 19.3. The van der Waals surface area contributed by atoms with Crippen molar-refractivity contribution in [2.24, 2.45) is 5.41 Å². The van der Waals surface area contributed by atoms with Gasteiger partial charge in [0.1, 0.15) is 0 Å². The highest BCUT2D eigenvalue weighted by atomic mass is 35.5. The van der Waals surface area contributed by atoms with Crippen LogP contribution in [0.4, 0.5) is 0 Å². The Labute approximate surface area is 169 Å². The molecular formula is C20H32Cl2N2O2. The lowest BCUT2D eigenvalue weighted by molar-refractivity contribution is 0.194. The lowest BCUT2D eigenvalue weighted by Crippen LogP contribution is -2.38. The van der Waals surface area contributed by atoms with Crippen molar-refractivity contribution in [1.82, 2.24) is 10.2 Å². The molecule has 2 aliphatic heterocycles. The summed E-state index contributed by atoms with van der Waals surface area (Å²) in [5, 5.41) is 4.14. The van der Waals surface area contributed by atoms with Gasteiger partial charge >= 0.3 is 0 Å². The maximum absolute atomic E-state index is 6.50. The van der Waals surface area contributed by atoms with E-state index in [4.69, 9.17) is 21.1 Å². The van der Waals surface area contributed by atoms with Gasteiger partial charge in [-0.3, -0.25) is 4.90 Å². The molecule has 2 heterocycles. The fourth-order valence-electron chi connectivity index (χ4n) is 4.11. The van der Waals surface area contributed by atoms with E-state index >= 15 is 0 Å². The molecule has 148 valence electrons. The summed E-state index contributed by atoms with van der Waals surface area (Å²) in [5.74, 6) is 1.46. The Morgan fingerprint density at radius 1 is 1.15 bits per heavy atom. The molecule has 3 rings (SSSR count). The number of benzene rings is 1. The van der Waals surface area contributed by atoms with Crippen molar-refractivity contribution in [3.05, 3.63) is 22.7 Å². The minimum Gasteiger partial charge on any atom is -0.490 e. The lowest BCUT2D eigenvalue weighted by Gasteiger charge is -2.34. The van der Waals surface area contributed by atoms with Crippen LogP contribution in [0.3, 0.4) is 0 Å². The number of hydrogen-bond acceptors (Lipinski definition) is 4. The quantitative estimate of drug-likeness (QED) is 0.726. The topological polar surface area (TPSA) is 33.7 Å². The monoisotopic (exact) mass is 402 g/mol. The Bertz CT molecular complexity index is 577. The number of nitrogens with zero attached hydrogens (tertiary/aromatic N) is 1. The average molecular weight is 403 g/mol. The van der Waals surface area contributed by atoms with E-state index in [2.05, 4.69) is 23.2 Å². The van der Waals surface area contributed by atoms with Crippen LogP contribution in [-0.2, 0) is 6.54 Å². The van der Waals surface area contributed by atoms with Crippen LogP contribution in [0.1, 0.15) is 45.1 Å². The molecule has 1 spiro atoms. The molecule has 2 aliphatic rings. The molecule has 6 heteroatoms. The molecule has 2 saturated heterocycles. The summed E-state index contributed by atoms with van der Waals surface area (Å²) in [6, 6.07) is 4.15. The van der Waals surface area contributed by atoms with E-state index in [9.17, 15) is 0 Å². The Hall–Kier alpha value is -0.680. The highest BCUT2D eigenvalue weighted by Crippen LogP contribution is 2.41. The van der Waals surface area contributed by atoms with Gasteiger partial charge in [-0.25, -0.2) is 0 Å². The van der Waals surface area contributed by atoms with Crippen LogP contribution in [0.25, 0.3) is 0 Å². The van der Waals surface area contributed by atoms with Gasteiger partial charge in [0, 0.05) is 13.1 Å². The van der Waals surface area contributed by atoms with E-state index in [1.54, 1.807) is 0 Å². The number of hydrogen-bond donors (Lipinski definition) is 1. The molecule has 0 atom stereocenters. The van der Waals surface area contributed by atoms with Gasteiger partial charge in [0.25, 0.3) is 0 Å². The highest BCUT2D eigenvalue weighted by molar-refractivity contribution is 6.32. The van der Waals surface area contributed by atoms with Crippen molar-refractivity contribution in [2.75, 3.05) is 39.4 Å². The van der Waals surface area contributed by atoms with Crippen molar-refractivity contribution in [2.45, 2.75) is 46.1 Å². The smallest absolute Gasteiger partial charge is 0.179 e. The second-order valence-electron chi connectivity index (χ2n) is 7.40. The molecule has 0 aliphatic carbocycles. The minimum absolute atomic E-state index is 0. The van der Waals surface area contributed by atoms with Crippen LogP contribution in [-0.4, -0.2) is 44.3 Å². The van der Waals surface area contributed by atoms with E-state index in [1.165, 1.54) is 37.9 Å². The van der Waals surface area contributed by atoms with Crippen LogP contribution < -0.4 is 14.8 Å². The fourth-order valence-corrected chi connectivity index (χ4v) is 4.39. The first kappa shape index (κ1) is 21.6. The number of likely N-dealkylation sites (tertiary alicyclic amines) is 1. The standard InChI is InChI=1S/C20H31ClN2O2.ClH/c1-3-11-25-19-17(21)12-16(13-18(19)24-4-2)14-23-10-7-20(15-23)5-8-22-9-6-20;/h12-13,22H,3-11,14-15H2,1-2H3;1H. The van der Waals surface area contributed by atoms with E-state index in [1.807, 2.05) is 13.0 Å². The molecule has 4 nitrogen and oxygen atoms in total. The molecular weight excluding hydrogens is 371 g/mol. The zero-order valence-corrected chi connectivity index (χ0v) is 17.6. The van der Waals surface area contributed by atoms with Crippen molar-refractivity contribution in [1.29, 1.82) is 0 Å². The summed E-state index contributed by atoms with van der Waals surface area (Å²) in [4.78, 5) is 2.57. The van der Waals surface area contributed by atoms with Crippen LogP contribution in [0.2, 0.25) is 5.02 Å². The highest BCUT2D eigenvalue weighted by Gasteiger charge is 2.38. The second kappa shape index (κ2) is 10.0. The van der Waals surface area contributed by atoms with Gasteiger partial charge in [0.05, 0.1) is 18.2 Å². The first-order valence-electron chi connectivity index (χ1n) is 9.67. The third-order valence-electron chi connectivity index (χ3n) is 5.41. The predicted octanol–water partition coefficient (Wildman–Crippen LogP) is 4.52. The Morgan fingerprint density at radius 2 is 1.92 bits per heavy atom. The van der Waals surface area contributed by atoms with Crippen LogP contribution >= 0.6 is 24.0 Å².